The first-order chi connectivity index (χ1) is 9.81. The van der Waals surface area contributed by atoms with Crippen molar-refractivity contribution in [3.63, 3.8) is 0 Å². The number of nitrogens with zero attached hydrogens (tertiary/aromatic N) is 2. The van der Waals surface area contributed by atoms with Crippen molar-refractivity contribution in [2.24, 2.45) is 0 Å². The molecule has 0 saturated heterocycles. The molecule has 0 bridgehead atoms. The topological polar surface area (TPSA) is 82.5 Å². The number of aryl methyl sites for hydroxylation is 1. The van der Waals surface area contributed by atoms with E-state index in [9.17, 15) is 9.59 Å². The van der Waals surface area contributed by atoms with E-state index in [2.05, 4.69) is 10.4 Å². The van der Waals surface area contributed by atoms with Gasteiger partial charge in [-0.15, -0.1) is 0 Å². The Bertz CT molecular complexity index is 477. The number of alkyl carbamates (subject to hydrolysis) is 1. The van der Waals surface area contributed by atoms with Crippen molar-refractivity contribution in [2.75, 3.05) is 13.2 Å². The molecular weight excluding hydrogens is 274 g/mol. The lowest BCUT2D eigenvalue weighted by atomic mass is 10.2. The SMILES string of the molecule is CCOC(=O)c1cnn(CCCNC(=O)OC(C)(C)C)c1. The summed E-state index contributed by atoms with van der Waals surface area (Å²) in [5.74, 6) is -0.379. The lowest BCUT2D eigenvalue weighted by Gasteiger charge is -2.19. The van der Waals surface area contributed by atoms with Gasteiger partial charge in [0.25, 0.3) is 0 Å². The van der Waals surface area contributed by atoms with Gasteiger partial charge in [0.05, 0.1) is 18.4 Å². The van der Waals surface area contributed by atoms with E-state index in [0.29, 0.717) is 31.7 Å². The first kappa shape index (κ1) is 17.0. The zero-order valence-electron chi connectivity index (χ0n) is 13.0. The third-order valence-corrected chi connectivity index (χ3v) is 2.38. The number of carbonyl (C=O) groups is 2. The highest BCUT2D eigenvalue weighted by atomic mass is 16.6. The van der Waals surface area contributed by atoms with Gasteiger partial charge in [-0.25, -0.2) is 9.59 Å². The van der Waals surface area contributed by atoms with Crippen LogP contribution in [0.2, 0.25) is 0 Å². The molecule has 1 aromatic rings. The molecule has 7 heteroatoms. The zero-order chi connectivity index (χ0) is 15.9. The zero-order valence-corrected chi connectivity index (χ0v) is 13.0. The molecule has 0 fully saturated rings. The molecule has 0 atom stereocenters. The second kappa shape index (κ2) is 7.66. The van der Waals surface area contributed by atoms with Crippen molar-refractivity contribution in [1.29, 1.82) is 0 Å². The Kier molecular flexibility index (Phi) is 6.20. The van der Waals surface area contributed by atoms with Gasteiger partial charge in [-0.3, -0.25) is 4.68 Å². The molecular formula is C14H23N3O4. The molecule has 0 unspecified atom stereocenters. The van der Waals surface area contributed by atoms with Crippen LogP contribution < -0.4 is 5.32 Å². The van der Waals surface area contributed by atoms with Gasteiger partial charge in [0.15, 0.2) is 0 Å². The van der Waals surface area contributed by atoms with E-state index in [1.807, 2.05) is 20.8 Å². The minimum Gasteiger partial charge on any atom is -0.462 e. The lowest BCUT2D eigenvalue weighted by molar-refractivity contribution is 0.0516. The van der Waals surface area contributed by atoms with Crippen LogP contribution in [0, 0.1) is 0 Å². The van der Waals surface area contributed by atoms with Crippen LogP contribution >= 0.6 is 0 Å². The predicted octanol–water partition coefficient (Wildman–Crippen LogP) is 1.97. The molecule has 1 aromatic heterocycles. The van der Waals surface area contributed by atoms with E-state index in [1.54, 1.807) is 17.8 Å². The van der Waals surface area contributed by atoms with Crippen LogP contribution in [0.15, 0.2) is 12.4 Å². The van der Waals surface area contributed by atoms with Crippen molar-refractivity contribution in [2.45, 2.75) is 46.3 Å². The first-order valence-electron chi connectivity index (χ1n) is 6.98. The van der Waals surface area contributed by atoms with Crippen LogP contribution in [-0.2, 0) is 16.0 Å². The second-order valence-electron chi connectivity index (χ2n) is 5.49. The summed E-state index contributed by atoms with van der Waals surface area (Å²) in [6.45, 7) is 8.60. The average Bonchev–Trinajstić information content (AvgIpc) is 2.81. The number of hydrogen-bond donors (Lipinski definition) is 1. The Morgan fingerprint density at radius 1 is 1.38 bits per heavy atom. The Balaban J connectivity index is 2.27. The molecule has 0 spiro atoms. The maximum absolute atomic E-state index is 11.5. The number of nitrogens with one attached hydrogen (secondary N) is 1. The van der Waals surface area contributed by atoms with Crippen LogP contribution in [0.5, 0.6) is 0 Å². The molecule has 7 nitrogen and oxygen atoms in total. The summed E-state index contributed by atoms with van der Waals surface area (Å²) in [6.07, 6.45) is 3.35. The van der Waals surface area contributed by atoms with Gasteiger partial charge < -0.3 is 14.8 Å². The summed E-state index contributed by atoms with van der Waals surface area (Å²) >= 11 is 0. The molecule has 0 aliphatic rings. The average molecular weight is 297 g/mol. The Morgan fingerprint density at radius 3 is 2.71 bits per heavy atom. The first-order valence-corrected chi connectivity index (χ1v) is 6.98. The van der Waals surface area contributed by atoms with Gasteiger partial charge in [0.2, 0.25) is 0 Å². The van der Waals surface area contributed by atoms with Crippen molar-refractivity contribution in [1.82, 2.24) is 15.1 Å². The minimum absolute atomic E-state index is 0.337. The largest absolute Gasteiger partial charge is 0.462 e. The molecule has 21 heavy (non-hydrogen) atoms. The van der Waals surface area contributed by atoms with Crippen LogP contribution in [0.25, 0.3) is 0 Å². The molecule has 1 amide bonds. The van der Waals surface area contributed by atoms with Crippen molar-refractivity contribution >= 4 is 12.1 Å². The highest BCUT2D eigenvalue weighted by molar-refractivity contribution is 5.88. The van der Waals surface area contributed by atoms with Crippen molar-refractivity contribution in [3.05, 3.63) is 18.0 Å². The molecule has 0 aromatic carbocycles. The summed E-state index contributed by atoms with van der Waals surface area (Å²) in [5.41, 5.74) is -0.0717. The molecule has 0 saturated carbocycles. The molecule has 0 aliphatic heterocycles. The van der Waals surface area contributed by atoms with Gasteiger partial charge in [0, 0.05) is 19.3 Å². The molecule has 1 N–H and O–H groups in total. The van der Waals surface area contributed by atoms with E-state index in [0.717, 1.165) is 0 Å². The monoisotopic (exact) mass is 297 g/mol. The minimum atomic E-state index is -0.499. The summed E-state index contributed by atoms with van der Waals surface area (Å²) in [7, 11) is 0. The van der Waals surface area contributed by atoms with E-state index >= 15 is 0 Å². The number of aromatic nitrogens is 2. The molecule has 1 rings (SSSR count). The molecule has 0 radical (unpaired) electrons. The molecule has 0 aliphatic carbocycles. The highest BCUT2D eigenvalue weighted by Gasteiger charge is 2.15. The third kappa shape index (κ3) is 6.78. The van der Waals surface area contributed by atoms with Gasteiger partial charge in [-0.1, -0.05) is 0 Å². The maximum atomic E-state index is 11.5. The Morgan fingerprint density at radius 2 is 2.10 bits per heavy atom. The fourth-order valence-electron chi connectivity index (χ4n) is 1.55. The third-order valence-electron chi connectivity index (χ3n) is 2.38. The smallest absolute Gasteiger partial charge is 0.407 e. The molecule has 118 valence electrons. The van der Waals surface area contributed by atoms with Crippen LogP contribution in [-0.4, -0.2) is 40.6 Å². The maximum Gasteiger partial charge on any atom is 0.407 e. The fourth-order valence-corrected chi connectivity index (χ4v) is 1.55. The summed E-state index contributed by atoms with van der Waals surface area (Å²) < 4.78 is 11.6. The van der Waals surface area contributed by atoms with Crippen molar-refractivity contribution < 1.29 is 19.1 Å². The molecule has 1 heterocycles. The fraction of sp³-hybridized carbons (Fsp3) is 0.643. The summed E-state index contributed by atoms with van der Waals surface area (Å²) in [6, 6.07) is 0. The number of amides is 1. The predicted molar refractivity (Wildman–Crippen MR) is 77.0 cm³/mol. The van der Waals surface area contributed by atoms with Crippen molar-refractivity contribution in [3.8, 4) is 0 Å². The number of hydrogen-bond acceptors (Lipinski definition) is 5. The van der Waals surface area contributed by atoms with Gasteiger partial charge >= 0.3 is 12.1 Å². The van der Waals surface area contributed by atoms with Crippen LogP contribution in [0.1, 0.15) is 44.5 Å². The normalized spacial score (nSPS) is 11.0. The van der Waals surface area contributed by atoms with E-state index in [1.165, 1.54) is 6.20 Å². The van der Waals surface area contributed by atoms with E-state index in [-0.39, 0.29) is 5.97 Å². The van der Waals surface area contributed by atoms with Gasteiger partial charge in [-0.2, -0.15) is 5.10 Å². The van der Waals surface area contributed by atoms with Gasteiger partial charge in [-0.05, 0) is 34.1 Å². The highest BCUT2D eigenvalue weighted by Crippen LogP contribution is 2.06. The number of ether oxygens (including phenoxy) is 2. The number of esters is 1. The summed E-state index contributed by atoms with van der Waals surface area (Å²) in [5, 5.41) is 6.73. The Hall–Kier alpha value is -2.05. The standard InChI is InChI=1S/C14H23N3O4/c1-5-20-12(18)11-9-16-17(10-11)8-6-7-15-13(19)21-14(2,3)4/h9-10H,5-8H2,1-4H3,(H,15,19). The lowest BCUT2D eigenvalue weighted by Crippen LogP contribution is -2.33. The van der Waals surface area contributed by atoms with E-state index in [4.69, 9.17) is 9.47 Å². The van der Waals surface area contributed by atoms with Crippen LogP contribution in [0.3, 0.4) is 0 Å². The summed E-state index contributed by atoms with van der Waals surface area (Å²) in [4.78, 5) is 22.9. The Labute approximate surface area is 124 Å². The van der Waals surface area contributed by atoms with Gasteiger partial charge in [0.1, 0.15) is 5.60 Å². The number of carbonyl (C=O) groups excluding carboxylic acids is 2. The quantitative estimate of drug-likeness (QED) is 0.641. The van der Waals surface area contributed by atoms with Crippen LogP contribution in [0.4, 0.5) is 4.79 Å². The number of rotatable bonds is 6. The van der Waals surface area contributed by atoms with E-state index < -0.39 is 11.7 Å². The second-order valence-corrected chi connectivity index (χ2v) is 5.49.